The molecule has 0 aromatic carbocycles. The van der Waals surface area contributed by atoms with E-state index in [1.54, 1.807) is 12.2 Å². The van der Waals surface area contributed by atoms with Gasteiger partial charge in [-0.05, 0) is 18.8 Å². The molecule has 0 amide bonds. The Morgan fingerprint density at radius 3 is 2.57 bits per heavy atom. The molecule has 0 aliphatic carbocycles. The molecule has 0 atom stereocenters. The summed E-state index contributed by atoms with van der Waals surface area (Å²) in [5, 5.41) is 8.29. The first-order valence-electron chi connectivity index (χ1n) is 5.19. The summed E-state index contributed by atoms with van der Waals surface area (Å²) in [6, 6.07) is 0. The normalized spacial score (nSPS) is 11.9. The van der Waals surface area contributed by atoms with Gasteiger partial charge in [0.05, 0.1) is 0 Å². The molecule has 0 heterocycles. The van der Waals surface area contributed by atoms with Crippen LogP contribution in [-0.2, 0) is 4.79 Å². The van der Waals surface area contributed by atoms with E-state index in [0.717, 1.165) is 18.4 Å². The number of unbranched alkanes of at least 4 members (excludes halogenated alkanes) is 2. The van der Waals surface area contributed by atoms with E-state index in [4.69, 9.17) is 5.11 Å². The smallest absolute Gasteiger partial charge is 0.328 e. The lowest BCUT2D eigenvalue weighted by Gasteiger charge is -2.01. The summed E-state index contributed by atoms with van der Waals surface area (Å²) in [5.41, 5.74) is 0. The number of hydrogen-bond donors (Lipinski definition) is 1. The Labute approximate surface area is 86.3 Å². The molecule has 0 unspecified atom stereocenters. The first kappa shape index (κ1) is 12.9. The van der Waals surface area contributed by atoms with E-state index in [0.29, 0.717) is 0 Å². The topological polar surface area (TPSA) is 37.3 Å². The van der Waals surface area contributed by atoms with Gasteiger partial charge in [-0.3, -0.25) is 0 Å². The maximum atomic E-state index is 10.1. The van der Waals surface area contributed by atoms with Crippen LogP contribution in [0.2, 0.25) is 0 Å². The van der Waals surface area contributed by atoms with Crippen molar-refractivity contribution >= 4 is 5.97 Å². The third kappa shape index (κ3) is 11.0. The van der Waals surface area contributed by atoms with Crippen molar-refractivity contribution < 1.29 is 9.90 Å². The number of rotatable bonds is 7. The van der Waals surface area contributed by atoms with Crippen LogP contribution in [0.25, 0.3) is 0 Å². The Hall–Kier alpha value is -1.05. The van der Waals surface area contributed by atoms with Crippen molar-refractivity contribution in [1.82, 2.24) is 0 Å². The van der Waals surface area contributed by atoms with Crippen molar-refractivity contribution in [3.8, 4) is 0 Å². The van der Waals surface area contributed by atoms with Crippen LogP contribution in [-0.4, -0.2) is 11.1 Å². The van der Waals surface area contributed by atoms with Crippen LogP contribution in [0.5, 0.6) is 0 Å². The molecule has 0 rings (SSSR count). The summed E-state index contributed by atoms with van der Waals surface area (Å²) in [7, 11) is 0. The number of hydrogen-bond acceptors (Lipinski definition) is 1. The van der Waals surface area contributed by atoms with Crippen LogP contribution >= 0.6 is 0 Å². The summed E-state index contributed by atoms with van der Waals surface area (Å²) in [4.78, 5) is 10.1. The van der Waals surface area contributed by atoms with Crippen LogP contribution in [0.4, 0.5) is 0 Å². The zero-order valence-electron chi connectivity index (χ0n) is 9.07. The predicted molar refractivity (Wildman–Crippen MR) is 59.2 cm³/mol. The molecule has 0 fully saturated rings. The Bertz CT molecular complexity index is 202. The monoisotopic (exact) mass is 196 g/mol. The largest absolute Gasteiger partial charge is 0.478 e. The third-order valence-corrected chi connectivity index (χ3v) is 1.89. The summed E-state index contributed by atoms with van der Waals surface area (Å²) in [6.45, 7) is 4.46. The van der Waals surface area contributed by atoms with Gasteiger partial charge < -0.3 is 5.11 Å². The van der Waals surface area contributed by atoms with E-state index in [1.807, 2.05) is 6.08 Å². The highest BCUT2D eigenvalue weighted by molar-refractivity contribution is 5.80. The van der Waals surface area contributed by atoms with Crippen molar-refractivity contribution in [3.63, 3.8) is 0 Å². The van der Waals surface area contributed by atoms with Crippen LogP contribution in [0.15, 0.2) is 24.3 Å². The van der Waals surface area contributed by atoms with Gasteiger partial charge in [-0.2, -0.15) is 0 Å². The summed E-state index contributed by atoms with van der Waals surface area (Å²) < 4.78 is 0. The van der Waals surface area contributed by atoms with Crippen molar-refractivity contribution in [2.75, 3.05) is 0 Å². The molecule has 2 nitrogen and oxygen atoms in total. The van der Waals surface area contributed by atoms with E-state index in [9.17, 15) is 4.79 Å². The minimum absolute atomic E-state index is 0.783. The van der Waals surface area contributed by atoms with Crippen molar-refractivity contribution in [3.05, 3.63) is 24.3 Å². The standard InChI is InChI=1S/C12H20O2/c1-11(2)9-7-5-3-4-6-8-10-12(13)14/h4,6,8,10-11H,3,5,7,9H2,1-2H3,(H,13,14)/b6-4+,10-8+. The first-order valence-corrected chi connectivity index (χ1v) is 5.19. The maximum absolute atomic E-state index is 10.1. The van der Waals surface area contributed by atoms with Crippen LogP contribution in [0.3, 0.4) is 0 Å². The molecule has 0 radical (unpaired) electrons. The Balaban J connectivity index is 3.31. The molecule has 0 aliphatic rings. The Morgan fingerprint density at radius 2 is 2.00 bits per heavy atom. The van der Waals surface area contributed by atoms with Crippen LogP contribution in [0.1, 0.15) is 39.5 Å². The summed E-state index contributed by atoms with van der Waals surface area (Å²) in [6.07, 6.45) is 11.3. The highest BCUT2D eigenvalue weighted by Gasteiger charge is 1.91. The van der Waals surface area contributed by atoms with Gasteiger partial charge in [0.25, 0.3) is 0 Å². The van der Waals surface area contributed by atoms with E-state index in [-0.39, 0.29) is 0 Å². The minimum Gasteiger partial charge on any atom is -0.478 e. The van der Waals surface area contributed by atoms with Gasteiger partial charge >= 0.3 is 5.97 Å². The molecule has 0 saturated carbocycles. The molecule has 0 aromatic rings. The molecule has 0 bridgehead atoms. The molecule has 0 saturated heterocycles. The lowest BCUT2D eigenvalue weighted by molar-refractivity contribution is -0.131. The molecule has 1 N–H and O–H groups in total. The molecule has 0 aliphatic heterocycles. The lowest BCUT2D eigenvalue weighted by atomic mass is 10.1. The third-order valence-electron chi connectivity index (χ3n) is 1.89. The average molecular weight is 196 g/mol. The van der Waals surface area contributed by atoms with Gasteiger partial charge in [0, 0.05) is 6.08 Å². The highest BCUT2D eigenvalue weighted by atomic mass is 16.4. The van der Waals surface area contributed by atoms with Gasteiger partial charge in [0.1, 0.15) is 0 Å². The second kappa shape index (κ2) is 8.54. The molecule has 0 aromatic heterocycles. The van der Waals surface area contributed by atoms with E-state index < -0.39 is 5.97 Å². The number of carbonyl (C=O) groups is 1. The summed E-state index contributed by atoms with van der Waals surface area (Å²) >= 11 is 0. The fourth-order valence-electron chi connectivity index (χ4n) is 1.13. The molecule has 80 valence electrons. The van der Waals surface area contributed by atoms with Gasteiger partial charge in [-0.15, -0.1) is 0 Å². The molecule has 14 heavy (non-hydrogen) atoms. The van der Waals surface area contributed by atoms with Crippen molar-refractivity contribution in [2.45, 2.75) is 39.5 Å². The van der Waals surface area contributed by atoms with E-state index >= 15 is 0 Å². The van der Waals surface area contributed by atoms with Crippen molar-refractivity contribution in [1.29, 1.82) is 0 Å². The fourth-order valence-corrected chi connectivity index (χ4v) is 1.13. The molecule has 0 spiro atoms. The van der Waals surface area contributed by atoms with Gasteiger partial charge in [0.15, 0.2) is 0 Å². The van der Waals surface area contributed by atoms with E-state index in [1.165, 1.54) is 19.3 Å². The average Bonchev–Trinajstić information content (AvgIpc) is 2.08. The van der Waals surface area contributed by atoms with E-state index in [2.05, 4.69) is 13.8 Å². The quantitative estimate of drug-likeness (QED) is 0.385. The van der Waals surface area contributed by atoms with Crippen LogP contribution < -0.4 is 0 Å². The second-order valence-electron chi connectivity index (χ2n) is 3.80. The number of allylic oxidation sites excluding steroid dienone is 3. The number of carboxylic acid groups (broad SMARTS) is 1. The maximum Gasteiger partial charge on any atom is 0.328 e. The van der Waals surface area contributed by atoms with Gasteiger partial charge in [0.2, 0.25) is 0 Å². The second-order valence-corrected chi connectivity index (χ2v) is 3.80. The van der Waals surface area contributed by atoms with Gasteiger partial charge in [-0.25, -0.2) is 4.79 Å². The molecular weight excluding hydrogens is 176 g/mol. The minimum atomic E-state index is -0.894. The Morgan fingerprint density at radius 1 is 1.29 bits per heavy atom. The van der Waals surface area contributed by atoms with Crippen molar-refractivity contribution in [2.24, 2.45) is 5.92 Å². The number of aliphatic carboxylic acids is 1. The first-order chi connectivity index (χ1) is 6.63. The van der Waals surface area contributed by atoms with Crippen LogP contribution in [0, 0.1) is 5.92 Å². The zero-order valence-corrected chi connectivity index (χ0v) is 9.07. The summed E-state index contributed by atoms with van der Waals surface area (Å²) in [5.74, 6) is -0.111. The highest BCUT2D eigenvalue weighted by Crippen LogP contribution is 2.08. The zero-order chi connectivity index (χ0) is 10.8. The molecule has 2 heteroatoms. The predicted octanol–water partition coefficient (Wildman–Crippen LogP) is 3.40. The lowest BCUT2D eigenvalue weighted by Crippen LogP contribution is -1.86. The number of carboxylic acids is 1. The molecular formula is C12H20O2. The SMILES string of the molecule is CC(C)CCCC/C=C/C=C/C(=O)O. The van der Waals surface area contributed by atoms with Gasteiger partial charge in [-0.1, -0.05) is 44.9 Å². The Kier molecular flexibility index (Phi) is 7.90. The fraction of sp³-hybridized carbons (Fsp3) is 0.583.